The number of amides is 1. The van der Waals surface area contributed by atoms with Gasteiger partial charge in [-0.1, -0.05) is 39.5 Å². The Morgan fingerprint density at radius 3 is 2.15 bits per heavy atom. The fourth-order valence-electron chi connectivity index (χ4n) is 2.25. The van der Waals surface area contributed by atoms with Gasteiger partial charge in [0.15, 0.2) is 0 Å². The van der Waals surface area contributed by atoms with Crippen molar-refractivity contribution >= 4 is 23.7 Å². The van der Waals surface area contributed by atoms with Crippen LogP contribution in [-0.4, -0.2) is 16.8 Å². The first kappa shape index (κ1) is 15.0. The van der Waals surface area contributed by atoms with Crippen molar-refractivity contribution < 1.29 is 9.90 Å². The van der Waals surface area contributed by atoms with Crippen molar-refractivity contribution in [3.63, 3.8) is 0 Å². The van der Waals surface area contributed by atoms with Gasteiger partial charge in [-0.2, -0.15) is 0 Å². The summed E-state index contributed by atoms with van der Waals surface area (Å²) in [6.45, 7) is 8.29. The number of thioether (sulfide) groups is 1. The zero-order valence-electron chi connectivity index (χ0n) is 12.4. The number of benzene rings is 1. The summed E-state index contributed by atoms with van der Waals surface area (Å²) in [5.74, 6) is 1.46. The molecule has 0 aromatic heterocycles. The summed E-state index contributed by atoms with van der Waals surface area (Å²) in [6.07, 6.45) is 1.98. The lowest BCUT2D eigenvalue weighted by atomic mass is 9.91. The van der Waals surface area contributed by atoms with Gasteiger partial charge in [-0.3, -0.25) is 4.79 Å². The van der Waals surface area contributed by atoms with E-state index < -0.39 is 0 Å². The Morgan fingerprint density at radius 2 is 1.75 bits per heavy atom. The molecule has 0 saturated carbocycles. The van der Waals surface area contributed by atoms with Gasteiger partial charge in [0.1, 0.15) is 5.75 Å². The fourth-order valence-corrected chi connectivity index (χ4v) is 3.01. The lowest BCUT2D eigenvalue weighted by Gasteiger charge is -2.16. The van der Waals surface area contributed by atoms with Gasteiger partial charge in [0.05, 0.1) is 10.8 Å². The molecule has 4 heteroatoms. The number of hydrogen-bond acceptors (Lipinski definition) is 3. The average Bonchev–Trinajstić information content (AvgIpc) is 2.76. The average molecular weight is 291 g/mol. The van der Waals surface area contributed by atoms with Crippen LogP contribution < -0.4 is 5.32 Å². The molecule has 1 amide bonds. The molecular formula is C16H21NO2S. The number of rotatable bonds is 3. The van der Waals surface area contributed by atoms with Gasteiger partial charge in [0.2, 0.25) is 5.91 Å². The first-order chi connectivity index (χ1) is 9.38. The van der Waals surface area contributed by atoms with Gasteiger partial charge in [-0.25, -0.2) is 0 Å². The Hall–Kier alpha value is -1.42. The van der Waals surface area contributed by atoms with Crippen molar-refractivity contribution in [1.29, 1.82) is 0 Å². The Balaban J connectivity index is 2.46. The number of phenols is 1. The minimum Gasteiger partial charge on any atom is -0.507 e. The lowest BCUT2D eigenvalue weighted by molar-refractivity contribution is -0.117. The van der Waals surface area contributed by atoms with E-state index in [0.29, 0.717) is 11.5 Å². The van der Waals surface area contributed by atoms with Crippen molar-refractivity contribution in [2.45, 2.75) is 39.5 Å². The van der Waals surface area contributed by atoms with E-state index in [-0.39, 0.29) is 17.7 Å². The number of aromatic hydroxyl groups is 1. The molecule has 1 heterocycles. The van der Waals surface area contributed by atoms with Crippen LogP contribution in [0.1, 0.15) is 56.2 Å². The summed E-state index contributed by atoms with van der Waals surface area (Å²) in [4.78, 5) is 11.2. The van der Waals surface area contributed by atoms with E-state index in [1.54, 1.807) is 0 Å². The van der Waals surface area contributed by atoms with Crippen LogP contribution in [0, 0.1) is 0 Å². The minimum absolute atomic E-state index is 0.0493. The summed E-state index contributed by atoms with van der Waals surface area (Å²) in [5.41, 5.74) is 2.94. The van der Waals surface area contributed by atoms with Gasteiger partial charge in [-0.15, -0.1) is 0 Å². The van der Waals surface area contributed by atoms with Gasteiger partial charge in [0.25, 0.3) is 0 Å². The number of nitrogens with one attached hydrogen (secondary N) is 1. The summed E-state index contributed by atoms with van der Waals surface area (Å²) in [5, 5.41) is 14.1. The summed E-state index contributed by atoms with van der Waals surface area (Å²) < 4.78 is 0. The van der Waals surface area contributed by atoms with Crippen LogP contribution in [0.2, 0.25) is 0 Å². The van der Waals surface area contributed by atoms with Crippen LogP contribution in [-0.2, 0) is 4.79 Å². The molecule has 1 aromatic rings. The second-order valence-electron chi connectivity index (χ2n) is 5.70. The number of hydrogen-bond donors (Lipinski definition) is 2. The van der Waals surface area contributed by atoms with Crippen LogP contribution in [0.15, 0.2) is 17.2 Å². The Kier molecular flexibility index (Phi) is 4.43. The van der Waals surface area contributed by atoms with Gasteiger partial charge in [0, 0.05) is 0 Å². The van der Waals surface area contributed by atoms with E-state index >= 15 is 0 Å². The standard InChI is InChI=1S/C16H21NO2S/c1-9(2)12-5-11(6-13(10(3)4)16(12)19)7-15-17-14(18)8-20-15/h5-7,9-10,19H,8H2,1-4H3,(H,17,18). The zero-order valence-corrected chi connectivity index (χ0v) is 13.2. The first-order valence-corrected chi connectivity index (χ1v) is 7.88. The highest BCUT2D eigenvalue weighted by Crippen LogP contribution is 2.35. The van der Waals surface area contributed by atoms with Crippen molar-refractivity contribution in [3.05, 3.63) is 33.9 Å². The van der Waals surface area contributed by atoms with Gasteiger partial charge in [-0.05, 0) is 46.7 Å². The largest absolute Gasteiger partial charge is 0.507 e. The molecule has 108 valence electrons. The Bertz CT molecular complexity index is 533. The Morgan fingerprint density at radius 1 is 1.20 bits per heavy atom. The molecule has 0 atom stereocenters. The molecule has 0 bridgehead atoms. The third kappa shape index (κ3) is 3.18. The second-order valence-corrected chi connectivity index (χ2v) is 6.72. The maximum absolute atomic E-state index is 11.2. The molecule has 1 aliphatic heterocycles. The second kappa shape index (κ2) is 5.92. The summed E-state index contributed by atoms with van der Waals surface area (Å²) >= 11 is 1.52. The highest BCUT2D eigenvalue weighted by molar-refractivity contribution is 8.04. The predicted octanol–water partition coefficient (Wildman–Crippen LogP) is 3.80. The molecule has 1 fully saturated rings. The predicted molar refractivity (Wildman–Crippen MR) is 84.9 cm³/mol. The summed E-state index contributed by atoms with van der Waals surface area (Å²) in [6, 6.07) is 4.01. The van der Waals surface area contributed by atoms with Gasteiger partial charge < -0.3 is 10.4 Å². The molecule has 3 nitrogen and oxygen atoms in total. The first-order valence-electron chi connectivity index (χ1n) is 6.89. The molecule has 20 heavy (non-hydrogen) atoms. The molecular weight excluding hydrogens is 270 g/mol. The normalized spacial score (nSPS) is 17.3. The van der Waals surface area contributed by atoms with Crippen LogP contribution in [0.4, 0.5) is 0 Å². The maximum Gasteiger partial charge on any atom is 0.235 e. The molecule has 2 N–H and O–H groups in total. The molecule has 0 unspecified atom stereocenters. The van der Waals surface area contributed by atoms with E-state index in [9.17, 15) is 9.90 Å². The molecule has 1 aromatic carbocycles. The van der Waals surface area contributed by atoms with E-state index in [1.165, 1.54) is 11.8 Å². The van der Waals surface area contributed by atoms with Crippen LogP contribution in [0.5, 0.6) is 5.75 Å². The molecule has 0 aliphatic carbocycles. The number of carbonyl (C=O) groups excluding carboxylic acids is 1. The van der Waals surface area contributed by atoms with E-state index in [1.807, 2.05) is 18.2 Å². The maximum atomic E-state index is 11.2. The number of carbonyl (C=O) groups is 1. The SMILES string of the molecule is CC(C)c1cc(C=C2NC(=O)CS2)cc(C(C)C)c1O. The molecule has 1 saturated heterocycles. The minimum atomic E-state index is 0.0493. The topological polar surface area (TPSA) is 49.3 Å². The molecule has 0 radical (unpaired) electrons. The smallest absolute Gasteiger partial charge is 0.235 e. The van der Waals surface area contributed by atoms with Crippen molar-refractivity contribution in [2.24, 2.45) is 0 Å². The molecule has 1 aliphatic rings. The summed E-state index contributed by atoms with van der Waals surface area (Å²) in [7, 11) is 0. The third-order valence-electron chi connectivity index (χ3n) is 3.35. The van der Waals surface area contributed by atoms with Crippen molar-refractivity contribution in [1.82, 2.24) is 5.32 Å². The van der Waals surface area contributed by atoms with Crippen LogP contribution >= 0.6 is 11.8 Å². The quantitative estimate of drug-likeness (QED) is 0.890. The van der Waals surface area contributed by atoms with Gasteiger partial charge >= 0.3 is 0 Å². The van der Waals surface area contributed by atoms with E-state index in [4.69, 9.17) is 0 Å². The van der Waals surface area contributed by atoms with E-state index in [0.717, 1.165) is 21.7 Å². The number of phenolic OH excluding ortho intramolecular Hbond substituents is 1. The highest BCUT2D eigenvalue weighted by atomic mass is 32.2. The van der Waals surface area contributed by atoms with Crippen molar-refractivity contribution in [3.8, 4) is 5.75 Å². The molecule has 2 rings (SSSR count). The van der Waals surface area contributed by atoms with Crippen molar-refractivity contribution in [2.75, 3.05) is 5.75 Å². The zero-order chi connectivity index (χ0) is 14.9. The van der Waals surface area contributed by atoms with E-state index in [2.05, 4.69) is 33.0 Å². The highest BCUT2D eigenvalue weighted by Gasteiger charge is 2.17. The van der Waals surface area contributed by atoms with Crippen LogP contribution in [0.25, 0.3) is 6.08 Å². The molecule has 0 spiro atoms. The Labute approximate surface area is 124 Å². The van der Waals surface area contributed by atoms with Crippen LogP contribution in [0.3, 0.4) is 0 Å². The third-order valence-corrected chi connectivity index (χ3v) is 4.29. The monoisotopic (exact) mass is 291 g/mol. The fraction of sp³-hybridized carbons (Fsp3) is 0.438. The lowest BCUT2D eigenvalue weighted by Crippen LogP contribution is -2.13.